The lowest BCUT2D eigenvalue weighted by molar-refractivity contribution is -0.384. The van der Waals surface area contributed by atoms with Gasteiger partial charge in [0.05, 0.1) is 4.92 Å². The lowest BCUT2D eigenvalue weighted by Crippen LogP contribution is -2.38. The molecule has 19 heavy (non-hydrogen) atoms. The number of nitrogens with zero attached hydrogens (tertiary/aromatic N) is 1. The molecule has 1 aliphatic carbocycles. The minimum absolute atomic E-state index is 0.101. The molecule has 7 heteroatoms. The normalized spacial score (nSPS) is 15.7. The van der Waals surface area contributed by atoms with Gasteiger partial charge >= 0.3 is 0 Å². The van der Waals surface area contributed by atoms with E-state index in [1.54, 1.807) is 6.92 Å². The first kappa shape index (κ1) is 13.6. The van der Waals surface area contributed by atoms with Crippen LogP contribution in [-0.2, 0) is 4.79 Å². The van der Waals surface area contributed by atoms with Crippen LogP contribution in [0.3, 0.4) is 0 Å². The van der Waals surface area contributed by atoms with Gasteiger partial charge in [0.25, 0.3) is 5.69 Å². The van der Waals surface area contributed by atoms with Crippen LogP contribution in [0, 0.1) is 10.1 Å². The van der Waals surface area contributed by atoms with E-state index >= 15 is 0 Å². The summed E-state index contributed by atoms with van der Waals surface area (Å²) >= 11 is 5.82. The number of carbonyl (C=O) groups is 1. The number of carbonyl (C=O) groups excluding carboxylic acids is 1. The minimum atomic E-state index is -0.558. The zero-order valence-corrected chi connectivity index (χ0v) is 11.1. The molecular formula is C12H14ClN3O3. The van der Waals surface area contributed by atoms with Crippen LogP contribution in [0.1, 0.15) is 19.8 Å². The van der Waals surface area contributed by atoms with Gasteiger partial charge in [-0.15, -0.1) is 0 Å². The predicted octanol–water partition coefficient (Wildman–Crippen LogP) is 2.33. The predicted molar refractivity (Wildman–Crippen MR) is 72.4 cm³/mol. The standard InChI is InChI=1S/C12H14ClN3O3/c1-7(12(17)15-9-3-4-9)14-10-6-8(13)2-5-11(10)16(18)19/h2,5-7,9,14H,3-4H2,1H3,(H,15,17). The summed E-state index contributed by atoms with van der Waals surface area (Å²) in [6.45, 7) is 1.66. The van der Waals surface area contributed by atoms with E-state index in [1.165, 1.54) is 18.2 Å². The van der Waals surface area contributed by atoms with Gasteiger partial charge in [-0.25, -0.2) is 0 Å². The van der Waals surface area contributed by atoms with Crippen molar-refractivity contribution < 1.29 is 9.72 Å². The Balaban J connectivity index is 2.10. The molecule has 6 nitrogen and oxygen atoms in total. The molecule has 1 saturated carbocycles. The summed E-state index contributed by atoms with van der Waals surface area (Å²) in [4.78, 5) is 22.2. The highest BCUT2D eigenvalue weighted by molar-refractivity contribution is 6.31. The molecule has 0 aliphatic heterocycles. The maximum atomic E-state index is 11.8. The first-order valence-corrected chi connectivity index (χ1v) is 6.36. The number of rotatable bonds is 5. The maximum absolute atomic E-state index is 11.8. The zero-order valence-electron chi connectivity index (χ0n) is 10.4. The van der Waals surface area contributed by atoms with Gasteiger partial charge in [0.15, 0.2) is 0 Å². The molecular weight excluding hydrogens is 270 g/mol. The Hall–Kier alpha value is -1.82. The Labute approximate surface area is 115 Å². The lowest BCUT2D eigenvalue weighted by atomic mass is 10.2. The topological polar surface area (TPSA) is 84.3 Å². The molecule has 2 rings (SSSR count). The van der Waals surface area contributed by atoms with Crippen LogP contribution in [0.25, 0.3) is 0 Å². The van der Waals surface area contributed by atoms with Crippen LogP contribution in [0.4, 0.5) is 11.4 Å². The summed E-state index contributed by atoms with van der Waals surface area (Å²) in [5.74, 6) is -0.170. The second-order valence-corrected chi connectivity index (χ2v) is 5.00. The van der Waals surface area contributed by atoms with Crippen molar-refractivity contribution in [3.05, 3.63) is 33.3 Å². The van der Waals surface area contributed by atoms with Gasteiger partial charge in [-0.1, -0.05) is 11.6 Å². The van der Waals surface area contributed by atoms with E-state index in [9.17, 15) is 14.9 Å². The number of hydrogen-bond acceptors (Lipinski definition) is 4. The summed E-state index contributed by atoms with van der Waals surface area (Å²) in [6.07, 6.45) is 1.99. The Morgan fingerprint density at radius 3 is 2.79 bits per heavy atom. The summed E-state index contributed by atoms with van der Waals surface area (Å²) in [6, 6.07) is 3.90. The van der Waals surface area contributed by atoms with Gasteiger partial charge in [0, 0.05) is 17.1 Å². The number of amides is 1. The third-order valence-corrected chi connectivity index (χ3v) is 3.08. The fourth-order valence-electron chi connectivity index (χ4n) is 1.64. The monoisotopic (exact) mass is 283 g/mol. The average molecular weight is 284 g/mol. The van der Waals surface area contributed by atoms with Crippen molar-refractivity contribution in [1.29, 1.82) is 0 Å². The molecule has 0 bridgehead atoms. The number of benzene rings is 1. The molecule has 1 amide bonds. The smallest absolute Gasteiger partial charge is 0.292 e. The largest absolute Gasteiger partial charge is 0.368 e. The lowest BCUT2D eigenvalue weighted by Gasteiger charge is -2.15. The molecule has 0 heterocycles. The van der Waals surface area contributed by atoms with Crippen molar-refractivity contribution in [3.8, 4) is 0 Å². The Bertz CT molecular complexity index is 517. The van der Waals surface area contributed by atoms with E-state index in [0.717, 1.165) is 12.8 Å². The van der Waals surface area contributed by atoms with Gasteiger partial charge < -0.3 is 10.6 Å². The number of nitro benzene ring substituents is 1. The third-order valence-electron chi connectivity index (χ3n) is 2.84. The van der Waals surface area contributed by atoms with Crippen LogP contribution in [0.15, 0.2) is 18.2 Å². The third kappa shape index (κ3) is 3.57. The van der Waals surface area contributed by atoms with Crippen molar-refractivity contribution in [2.45, 2.75) is 31.8 Å². The molecule has 0 radical (unpaired) electrons. The molecule has 0 spiro atoms. The van der Waals surface area contributed by atoms with E-state index in [2.05, 4.69) is 10.6 Å². The number of hydrogen-bond donors (Lipinski definition) is 2. The number of nitro groups is 1. The van der Waals surface area contributed by atoms with Crippen molar-refractivity contribution in [2.24, 2.45) is 0 Å². The van der Waals surface area contributed by atoms with Gasteiger partial charge in [0.1, 0.15) is 11.7 Å². The minimum Gasteiger partial charge on any atom is -0.368 e. The van der Waals surface area contributed by atoms with E-state index in [4.69, 9.17) is 11.6 Å². The fraction of sp³-hybridized carbons (Fsp3) is 0.417. The second-order valence-electron chi connectivity index (χ2n) is 4.57. The first-order valence-electron chi connectivity index (χ1n) is 5.98. The highest BCUT2D eigenvalue weighted by Gasteiger charge is 2.26. The number of halogens is 1. The first-order chi connectivity index (χ1) is 8.97. The van der Waals surface area contributed by atoms with Crippen molar-refractivity contribution in [2.75, 3.05) is 5.32 Å². The number of nitrogens with one attached hydrogen (secondary N) is 2. The van der Waals surface area contributed by atoms with Crippen LogP contribution in [0.5, 0.6) is 0 Å². The van der Waals surface area contributed by atoms with Gasteiger partial charge in [-0.2, -0.15) is 0 Å². The summed E-state index contributed by atoms with van der Waals surface area (Å²) in [5.41, 5.74) is 0.145. The van der Waals surface area contributed by atoms with Gasteiger partial charge in [0.2, 0.25) is 5.91 Å². The van der Waals surface area contributed by atoms with Crippen LogP contribution < -0.4 is 10.6 Å². The molecule has 1 fully saturated rings. The molecule has 0 aromatic heterocycles. The van der Waals surface area contributed by atoms with Crippen LogP contribution in [0.2, 0.25) is 5.02 Å². The highest BCUT2D eigenvalue weighted by Crippen LogP contribution is 2.28. The molecule has 102 valence electrons. The highest BCUT2D eigenvalue weighted by atomic mass is 35.5. The SMILES string of the molecule is CC(Nc1cc(Cl)ccc1[N+](=O)[O-])C(=O)NC1CC1. The van der Waals surface area contributed by atoms with E-state index in [-0.39, 0.29) is 23.3 Å². The molecule has 2 N–H and O–H groups in total. The van der Waals surface area contributed by atoms with Crippen LogP contribution >= 0.6 is 11.6 Å². The van der Waals surface area contributed by atoms with Crippen molar-refractivity contribution >= 4 is 28.9 Å². The summed E-state index contributed by atoms with van der Waals surface area (Å²) in [7, 11) is 0. The average Bonchev–Trinajstić information content (AvgIpc) is 3.12. The Kier molecular flexibility index (Phi) is 3.90. The Morgan fingerprint density at radius 2 is 2.21 bits per heavy atom. The fourth-order valence-corrected chi connectivity index (χ4v) is 1.81. The van der Waals surface area contributed by atoms with E-state index in [1.807, 2.05) is 0 Å². The maximum Gasteiger partial charge on any atom is 0.292 e. The summed E-state index contributed by atoms with van der Waals surface area (Å²) < 4.78 is 0. The molecule has 1 atom stereocenters. The van der Waals surface area contributed by atoms with E-state index in [0.29, 0.717) is 5.02 Å². The molecule has 1 unspecified atom stereocenters. The van der Waals surface area contributed by atoms with Crippen molar-refractivity contribution in [1.82, 2.24) is 5.32 Å². The summed E-state index contributed by atoms with van der Waals surface area (Å²) in [5, 5.41) is 16.9. The van der Waals surface area contributed by atoms with E-state index < -0.39 is 11.0 Å². The van der Waals surface area contributed by atoms with Crippen molar-refractivity contribution in [3.63, 3.8) is 0 Å². The van der Waals surface area contributed by atoms with Crippen LogP contribution in [-0.4, -0.2) is 22.9 Å². The molecule has 1 aromatic rings. The second kappa shape index (κ2) is 5.44. The quantitative estimate of drug-likeness (QED) is 0.641. The van der Waals surface area contributed by atoms with Gasteiger partial charge in [-0.3, -0.25) is 14.9 Å². The molecule has 1 aromatic carbocycles. The zero-order chi connectivity index (χ0) is 14.0. The van der Waals surface area contributed by atoms with Gasteiger partial charge in [-0.05, 0) is 31.9 Å². The molecule has 0 saturated heterocycles. The molecule has 1 aliphatic rings. The number of anilines is 1. The Morgan fingerprint density at radius 1 is 1.53 bits per heavy atom.